The van der Waals surface area contributed by atoms with Crippen molar-refractivity contribution >= 4 is 0 Å². The Balaban J connectivity index is 2.06. The third-order valence-electron chi connectivity index (χ3n) is 2.32. The van der Waals surface area contributed by atoms with Gasteiger partial charge in [0.25, 0.3) is 0 Å². The number of hydrogen-bond acceptors (Lipinski definition) is 1. The lowest BCUT2D eigenvalue weighted by atomic mass is 9.96. The van der Waals surface area contributed by atoms with Gasteiger partial charge in [0, 0.05) is 23.9 Å². The third kappa shape index (κ3) is 2.47. The number of rotatable bonds is 0. The second-order valence-corrected chi connectivity index (χ2v) is 3.48. The molecule has 0 bridgehead atoms. The summed E-state index contributed by atoms with van der Waals surface area (Å²) in [6.45, 7) is 0. The topological polar surface area (TPSA) is 12.9 Å². The van der Waals surface area contributed by atoms with E-state index in [-0.39, 0.29) is 0 Å². The molecule has 0 aromatic carbocycles. The molecular formula is C13H13N. The van der Waals surface area contributed by atoms with Gasteiger partial charge in [-0.1, -0.05) is 24.0 Å². The smallest absolute Gasteiger partial charge is 0.0428 e. The predicted octanol–water partition coefficient (Wildman–Crippen LogP) is 2.79. The van der Waals surface area contributed by atoms with Crippen LogP contribution in [-0.2, 0) is 0 Å². The lowest BCUT2D eigenvalue weighted by Crippen LogP contribution is -1.96. The molecule has 70 valence electrons. The number of hydrogen-bond donors (Lipinski definition) is 0. The quantitative estimate of drug-likeness (QED) is 0.445. The molecule has 0 N–H and O–H groups in total. The zero-order chi connectivity index (χ0) is 9.64. The van der Waals surface area contributed by atoms with Crippen molar-refractivity contribution in [1.82, 2.24) is 4.98 Å². The van der Waals surface area contributed by atoms with Gasteiger partial charge in [0.1, 0.15) is 0 Å². The molecule has 1 aliphatic rings. The minimum atomic E-state index is 0.448. The second-order valence-electron chi connectivity index (χ2n) is 3.48. The summed E-state index contributed by atoms with van der Waals surface area (Å²) in [5, 5.41) is 0. The molecule has 0 radical (unpaired) electrons. The molecule has 1 aromatic rings. The van der Waals surface area contributed by atoms with Gasteiger partial charge in [0.15, 0.2) is 0 Å². The van der Waals surface area contributed by atoms with Crippen LogP contribution >= 0.6 is 0 Å². The fourth-order valence-electron chi connectivity index (χ4n) is 1.55. The van der Waals surface area contributed by atoms with E-state index in [0.717, 1.165) is 5.56 Å². The molecule has 1 nitrogen and oxygen atoms in total. The number of nitrogens with zero attached hydrogens (tertiary/aromatic N) is 1. The molecule has 2 rings (SSSR count). The first kappa shape index (κ1) is 9.02. The molecule has 0 aliphatic heterocycles. The average molecular weight is 183 g/mol. The standard InChI is InChI=1S/C13H13N/c1-2-5-12(6-3-1)8-9-13-7-4-10-14-11-13/h2,4-5,7,10-12H,1,3,6H2. The Kier molecular flexibility index (Phi) is 2.98. The van der Waals surface area contributed by atoms with E-state index in [0.29, 0.717) is 5.92 Å². The summed E-state index contributed by atoms with van der Waals surface area (Å²) >= 11 is 0. The lowest BCUT2D eigenvalue weighted by Gasteiger charge is -2.08. The zero-order valence-electron chi connectivity index (χ0n) is 8.11. The van der Waals surface area contributed by atoms with Gasteiger partial charge in [-0.05, 0) is 31.4 Å². The summed E-state index contributed by atoms with van der Waals surface area (Å²) in [5.41, 5.74) is 1.01. The molecule has 1 aromatic heterocycles. The molecule has 1 heteroatoms. The number of aromatic nitrogens is 1. The van der Waals surface area contributed by atoms with Crippen molar-refractivity contribution in [3.63, 3.8) is 0 Å². The maximum atomic E-state index is 4.03. The summed E-state index contributed by atoms with van der Waals surface area (Å²) in [6, 6.07) is 3.91. The summed E-state index contributed by atoms with van der Waals surface area (Å²) in [4.78, 5) is 4.03. The van der Waals surface area contributed by atoms with E-state index in [1.165, 1.54) is 19.3 Å². The Morgan fingerprint density at radius 3 is 3.14 bits per heavy atom. The van der Waals surface area contributed by atoms with Gasteiger partial charge >= 0.3 is 0 Å². The Hall–Kier alpha value is -1.55. The molecule has 1 unspecified atom stereocenters. The molecule has 1 heterocycles. The van der Waals surface area contributed by atoms with Crippen molar-refractivity contribution in [1.29, 1.82) is 0 Å². The van der Waals surface area contributed by atoms with Crippen LogP contribution < -0.4 is 0 Å². The van der Waals surface area contributed by atoms with Crippen LogP contribution in [0.3, 0.4) is 0 Å². The Morgan fingerprint density at radius 1 is 1.43 bits per heavy atom. The molecule has 0 saturated heterocycles. The van der Waals surface area contributed by atoms with E-state index < -0.39 is 0 Å². The molecule has 1 aliphatic carbocycles. The van der Waals surface area contributed by atoms with Crippen molar-refractivity contribution in [2.75, 3.05) is 0 Å². The number of pyridine rings is 1. The van der Waals surface area contributed by atoms with Crippen LogP contribution in [0.25, 0.3) is 0 Å². The third-order valence-corrected chi connectivity index (χ3v) is 2.32. The molecule has 0 fully saturated rings. The first-order valence-corrected chi connectivity index (χ1v) is 5.03. The van der Waals surface area contributed by atoms with Gasteiger partial charge in [0.05, 0.1) is 0 Å². The van der Waals surface area contributed by atoms with Crippen LogP contribution in [-0.4, -0.2) is 4.98 Å². The van der Waals surface area contributed by atoms with E-state index >= 15 is 0 Å². The Bertz CT molecular complexity index is 367. The molecule has 14 heavy (non-hydrogen) atoms. The van der Waals surface area contributed by atoms with Crippen LogP contribution in [0.4, 0.5) is 0 Å². The van der Waals surface area contributed by atoms with Gasteiger partial charge < -0.3 is 0 Å². The SMILES string of the molecule is C(#CC1C=CCCC1)c1cccnc1. The van der Waals surface area contributed by atoms with Crippen LogP contribution in [0.15, 0.2) is 36.7 Å². The van der Waals surface area contributed by atoms with E-state index in [2.05, 4.69) is 29.0 Å². The summed E-state index contributed by atoms with van der Waals surface area (Å²) in [5.74, 6) is 6.86. The highest BCUT2D eigenvalue weighted by atomic mass is 14.6. The maximum Gasteiger partial charge on any atom is 0.0428 e. The summed E-state index contributed by atoms with van der Waals surface area (Å²) < 4.78 is 0. The monoisotopic (exact) mass is 183 g/mol. The first-order chi connectivity index (χ1) is 6.95. The molecule has 0 spiro atoms. The first-order valence-electron chi connectivity index (χ1n) is 5.03. The zero-order valence-corrected chi connectivity index (χ0v) is 8.11. The van der Waals surface area contributed by atoms with Crippen LogP contribution in [0.2, 0.25) is 0 Å². The highest BCUT2D eigenvalue weighted by Gasteiger charge is 2.03. The lowest BCUT2D eigenvalue weighted by molar-refractivity contribution is 0.645. The van der Waals surface area contributed by atoms with Crippen LogP contribution in [0.5, 0.6) is 0 Å². The molecule has 0 amide bonds. The van der Waals surface area contributed by atoms with Crippen LogP contribution in [0.1, 0.15) is 24.8 Å². The average Bonchev–Trinajstić information content (AvgIpc) is 2.29. The molecular weight excluding hydrogens is 170 g/mol. The summed E-state index contributed by atoms with van der Waals surface area (Å²) in [7, 11) is 0. The van der Waals surface area contributed by atoms with Gasteiger partial charge in [-0.3, -0.25) is 4.98 Å². The molecule has 1 atom stereocenters. The van der Waals surface area contributed by atoms with Crippen molar-refractivity contribution in [2.24, 2.45) is 5.92 Å². The van der Waals surface area contributed by atoms with Crippen molar-refractivity contribution in [3.05, 3.63) is 42.2 Å². The van der Waals surface area contributed by atoms with Gasteiger partial charge in [-0.15, -0.1) is 0 Å². The van der Waals surface area contributed by atoms with Gasteiger partial charge in [-0.2, -0.15) is 0 Å². The Morgan fingerprint density at radius 2 is 2.43 bits per heavy atom. The van der Waals surface area contributed by atoms with Crippen molar-refractivity contribution < 1.29 is 0 Å². The van der Waals surface area contributed by atoms with Crippen LogP contribution in [0, 0.1) is 17.8 Å². The van der Waals surface area contributed by atoms with Gasteiger partial charge in [-0.25, -0.2) is 0 Å². The highest BCUT2D eigenvalue weighted by molar-refractivity contribution is 5.32. The van der Waals surface area contributed by atoms with E-state index in [1.54, 1.807) is 12.4 Å². The maximum absolute atomic E-state index is 4.03. The normalized spacial score (nSPS) is 19.9. The van der Waals surface area contributed by atoms with Crippen molar-refractivity contribution in [2.45, 2.75) is 19.3 Å². The summed E-state index contributed by atoms with van der Waals surface area (Å²) in [6.07, 6.45) is 11.7. The van der Waals surface area contributed by atoms with Crippen molar-refractivity contribution in [3.8, 4) is 11.8 Å². The minimum absolute atomic E-state index is 0.448. The largest absolute Gasteiger partial charge is 0.263 e. The Labute approximate surface area is 84.9 Å². The van der Waals surface area contributed by atoms with Gasteiger partial charge in [0.2, 0.25) is 0 Å². The predicted molar refractivity (Wildman–Crippen MR) is 57.6 cm³/mol. The molecule has 0 saturated carbocycles. The fraction of sp³-hybridized carbons (Fsp3) is 0.308. The van der Waals surface area contributed by atoms with E-state index in [4.69, 9.17) is 0 Å². The van der Waals surface area contributed by atoms with E-state index in [9.17, 15) is 0 Å². The van der Waals surface area contributed by atoms with E-state index in [1.807, 2.05) is 12.1 Å². The number of allylic oxidation sites excluding steroid dienone is 2. The second kappa shape index (κ2) is 4.62. The minimum Gasteiger partial charge on any atom is -0.263 e. The fourth-order valence-corrected chi connectivity index (χ4v) is 1.55. The highest BCUT2D eigenvalue weighted by Crippen LogP contribution is 2.15.